The first-order valence-electron chi connectivity index (χ1n) is 9.34. The highest BCUT2D eigenvalue weighted by molar-refractivity contribution is 5.95. The molecule has 0 aromatic heterocycles. The maximum Gasteiger partial charge on any atom is 0.338 e. The number of carbonyl (C=O) groups excluding carboxylic acids is 2. The van der Waals surface area contributed by atoms with Crippen molar-refractivity contribution in [3.8, 4) is 5.75 Å². The van der Waals surface area contributed by atoms with Gasteiger partial charge in [0.25, 0.3) is 5.91 Å². The highest BCUT2D eigenvalue weighted by atomic mass is 16.5. The second-order valence-corrected chi connectivity index (χ2v) is 6.39. The van der Waals surface area contributed by atoms with Gasteiger partial charge in [0.2, 0.25) is 0 Å². The number of carbonyl (C=O) groups is 2. The van der Waals surface area contributed by atoms with Gasteiger partial charge in [-0.2, -0.15) is 0 Å². The molecule has 0 aliphatic heterocycles. The van der Waals surface area contributed by atoms with Gasteiger partial charge in [-0.15, -0.1) is 0 Å². The number of nitrogens with one attached hydrogen (secondary N) is 1. The minimum absolute atomic E-state index is 0.225. The van der Waals surface area contributed by atoms with Crippen molar-refractivity contribution >= 4 is 17.6 Å². The summed E-state index contributed by atoms with van der Waals surface area (Å²) in [6.45, 7) is 6.33. The molecule has 1 atom stereocenters. The number of aryl methyl sites for hydroxylation is 1. The van der Waals surface area contributed by atoms with E-state index in [0.717, 1.165) is 18.4 Å². The quantitative estimate of drug-likeness (QED) is 0.512. The van der Waals surface area contributed by atoms with Crippen molar-refractivity contribution in [3.05, 3.63) is 59.7 Å². The standard InChI is InChI=1S/C22H27NO4/c1-4-6-14-26-22(25)17-10-12-18(13-11-17)23-21(24)20(5-2)27-19-9-7-8-16(3)15-19/h7-13,15,20H,4-6,14H2,1-3H3,(H,23,24)/t20-/m1/s1. The van der Waals surface area contributed by atoms with Crippen LogP contribution in [0.5, 0.6) is 5.75 Å². The van der Waals surface area contributed by atoms with Crippen molar-refractivity contribution in [2.45, 2.75) is 46.1 Å². The van der Waals surface area contributed by atoms with Crippen LogP contribution >= 0.6 is 0 Å². The van der Waals surface area contributed by atoms with Gasteiger partial charge < -0.3 is 14.8 Å². The van der Waals surface area contributed by atoms with E-state index in [4.69, 9.17) is 9.47 Å². The van der Waals surface area contributed by atoms with Crippen LogP contribution in [0.1, 0.15) is 49.0 Å². The minimum Gasteiger partial charge on any atom is -0.481 e. The number of anilines is 1. The van der Waals surface area contributed by atoms with E-state index in [9.17, 15) is 9.59 Å². The van der Waals surface area contributed by atoms with Crippen LogP contribution in [0.2, 0.25) is 0 Å². The third kappa shape index (κ3) is 6.44. The number of amides is 1. The lowest BCUT2D eigenvalue weighted by atomic mass is 10.2. The fraction of sp³-hybridized carbons (Fsp3) is 0.364. The SMILES string of the molecule is CCCCOC(=O)c1ccc(NC(=O)[C@@H](CC)Oc2cccc(C)c2)cc1. The van der Waals surface area contributed by atoms with Crippen LogP contribution in [0.3, 0.4) is 0 Å². The first-order valence-corrected chi connectivity index (χ1v) is 9.34. The van der Waals surface area contributed by atoms with Gasteiger partial charge in [-0.25, -0.2) is 4.79 Å². The van der Waals surface area contributed by atoms with Gasteiger partial charge in [-0.3, -0.25) is 4.79 Å². The fourth-order valence-corrected chi connectivity index (χ4v) is 2.48. The fourth-order valence-electron chi connectivity index (χ4n) is 2.48. The molecular weight excluding hydrogens is 342 g/mol. The summed E-state index contributed by atoms with van der Waals surface area (Å²) >= 11 is 0. The lowest BCUT2D eigenvalue weighted by Crippen LogP contribution is -2.32. The number of ether oxygens (including phenoxy) is 2. The van der Waals surface area contributed by atoms with Crippen molar-refractivity contribution < 1.29 is 19.1 Å². The molecule has 2 aromatic carbocycles. The molecule has 1 N–H and O–H groups in total. The Labute approximate surface area is 160 Å². The maximum absolute atomic E-state index is 12.5. The zero-order valence-electron chi connectivity index (χ0n) is 16.2. The third-order valence-electron chi connectivity index (χ3n) is 4.05. The average molecular weight is 369 g/mol. The van der Waals surface area contributed by atoms with Gasteiger partial charge >= 0.3 is 5.97 Å². The van der Waals surface area contributed by atoms with Gasteiger partial charge in [-0.05, 0) is 61.7 Å². The van der Waals surface area contributed by atoms with Gasteiger partial charge in [-0.1, -0.05) is 32.4 Å². The monoisotopic (exact) mass is 369 g/mol. The van der Waals surface area contributed by atoms with E-state index < -0.39 is 6.10 Å². The smallest absolute Gasteiger partial charge is 0.338 e. The highest BCUT2D eigenvalue weighted by Gasteiger charge is 2.19. The van der Waals surface area contributed by atoms with E-state index in [1.54, 1.807) is 24.3 Å². The average Bonchev–Trinajstić information content (AvgIpc) is 2.66. The predicted octanol–water partition coefficient (Wildman–Crippen LogP) is 4.75. The van der Waals surface area contributed by atoms with Crippen molar-refractivity contribution in [1.82, 2.24) is 0 Å². The molecule has 0 radical (unpaired) electrons. The molecule has 0 spiro atoms. The van der Waals surface area contributed by atoms with Crippen molar-refractivity contribution in [1.29, 1.82) is 0 Å². The van der Waals surface area contributed by atoms with Crippen molar-refractivity contribution in [3.63, 3.8) is 0 Å². The second-order valence-electron chi connectivity index (χ2n) is 6.39. The Morgan fingerprint density at radius 2 is 1.81 bits per heavy atom. The molecule has 5 nitrogen and oxygen atoms in total. The second kappa shape index (κ2) is 10.4. The summed E-state index contributed by atoms with van der Waals surface area (Å²) in [4.78, 5) is 24.4. The summed E-state index contributed by atoms with van der Waals surface area (Å²) in [6.07, 6.45) is 1.77. The van der Waals surface area contributed by atoms with Crippen LogP contribution in [-0.4, -0.2) is 24.6 Å². The largest absolute Gasteiger partial charge is 0.481 e. The Hall–Kier alpha value is -2.82. The molecule has 0 heterocycles. The van der Waals surface area contributed by atoms with Crippen LogP contribution in [0.15, 0.2) is 48.5 Å². The number of benzene rings is 2. The zero-order chi connectivity index (χ0) is 19.6. The van der Waals surface area contributed by atoms with Crippen LogP contribution in [0.4, 0.5) is 5.69 Å². The Morgan fingerprint density at radius 1 is 1.07 bits per heavy atom. The summed E-state index contributed by atoms with van der Waals surface area (Å²) in [7, 11) is 0. The Kier molecular flexibility index (Phi) is 7.86. The highest BCUT2D eigenvalue weighted by Crippen LogP contribution is 2.17. The van der Waals surface area contributed by atoms with Gasteiger partial charge in [0.15, 0.2) is 6.10 Å². The Balaban J connectivity index is 1.94. The summed E-state index contributed by atoms with van der Waals surface area (Å²) in [6, 6.07) is 14.3. The van der Waals surface area contributed by atoms with E-state index in [2.05, 4.69) is 5.32 Å². The molecule has 0 unspecified atom stereocenters. The molecular formula is C22H27NO4. The van der Waals surface area contributed by atoms with E-state index in [-0.39, 0.29) is 11.9 Å². The van der Waals surface area contributed by atoms with Crippen LogP contribution in [0.25, 0.3) is 0 Å². The number of esters is 1. The summed E-state index contributed by atoms with van der Waals surface area (Å²) in [5, 5.41) is 2.83. The molecule has 5 heteroatoms. The summed E-state index contributed by atoms with van der Waals surface area (Å²) < 4.78 is 11.0. The lowest BCUT2D eigenvalue weighted by molar-refractivity contribution is -0.122. The number of hydrogen-bond acceptors (Lipinski definition) is 4. The summed E-state index contributed by atoms with van der Waals surface area (Å²) in [5.41, 5.74) is 2.15. The molecule has 144 valence electrons. The molecule has 0 saturated heterocycles. The third-order valence-corrected chi connectivity index (χ3v) is 4.05. The number of unbranched alkanes of at least 4 members (excludes halogenated alkanes) is 1. The first kappa shape index (κ1) is 20.5. The normalized spacial score (nSPS) is 11.5. The van der Waals surface area contributed by atoms with Crippen molar-refractivity contribution in [2.24, 2.45) is 0 Å². The van der Waals surface area contributed by atoms with E-state index in [1.807, 2.05) is 45.0 Å². The molecule has 0 bridgehead atoms. The molecule has 0 saturated carbocycles. The van der Waals surface area contributed by atoms with Crippen LogP contribution in [-0.2, 0) is 9.53 Å². The first-order chi connectivity index (χ1) is 13.0. The molecule has 2 rings (SSSR count). The Bertz CT molecular complexity index is 755. The van der Waals surface area contributed by atoms with Gasteiger partial charge in [0.05, 0.1) is 12.2 Å². The number of rotatable bonds is 9. The van der Waals surface area contributed by atoms with Crippen molar-refractivity contribution in [2.75, 3.05) is 11.9 Å². The van der Waals surface area contributed by atoms with Crippen LogP contribution < -0.4 is 10.1 Å². The van der Waals surface area contributed by atoms with Crippen LogP contribution in [0, 0.1) is 6.92 Å². The zero-order valence-corrected chi connectivity index (χ0v) is 16.2. The van der Waals surface area contributed by atoms with E-state index in [1.165, 1.54) is 0 Å². The van der Waals surface area contributed by atoms with E-state index >= 15 is 0 Å². The maximum atomic E-state index is 12.5. The number of hydrogen-bond donors (Lipinski definition) is 1. The predicted molar refractivity (Wildman–Crippen MR) is 106 cm³/mol. The molecule has 1 amide bonds. The summed E-state index contributed by atoms with van der Waals surface area (Å²) in [5.74, 6) is 0.0926. The van der Waals surface area contributed by atoms with E-state index in [0.29, 0.717) is 30.0 Å². The molecule has 0 aliphatic rings. The van der Waals surface area contributed by atoms with Gasteiger partial charge in [0, 0.05) is 5.69 Å². The molecule has 0 fully saturated rings. The molecule has 2 aromatic rings. The minimum atomic E-state index is -0.592. The topological polar surface area (TPSA) is 64.6 Å². The molecule has 27 heavy (non-hydrogen) atoms. The van der Waals surface area contributed by atoms with Gasteiger partial charge in [0.1, 0.15) is 5.75 Å². The molecule has 0 aliphatic carbocycles. The lowest BCUT2D eigenvalue weighted by Gasteiger charge is -2.17. The Morgan fingerprint density at radius 3 is 2.44 bits per heavy atom.